The Hall–Kier alpha value is -3.91. The van der Waals surface area contributed by atoms with Crippen LogP contribution >= 0.6 is 15.9 Å². The van der Waals surface area contributed by atoms with Crippen LogP contribution in [-0.2, 0) is 4.79 Å². The molecule has 0 atom stereocenters. The molecule has 0 aliphatic heterocycles. The maximum absolute atomic E-state index is 13.0. The number of halogens is 1. The number of nitrogens with one attached hydrogen (secondary N) is 2. The highest BCUT2D eigenvalue weighted by Crippen LogP contribution is 2.24. The molecular weight excluding hydrogens is 506 g/mol. The molecule has 0 radical (unpaired) electrons. The van der Waals surface area contributed by atoms with E-state index in [1.54, 1.807) is 16.8 Å². The van der Waals surface area contributed by atoms with E-state index in [0.29, 0.717) is 18.1 Å². The first-order valence-electron chi connectivity index (χ1n) is 11.4. The Morgan fingerprint density at radius 3 is 2.23 bits per heavy atom. The largest absolute Gasteiger partial charge is 0.322 e. The van der Waals surface area contributed by atoms with Crippen molar-refractivity contribution in [3.05, 3.63) is 95.5 Å². The fourth-order valence-corrected chi connectivity index (χ4v) is 3.86. The summed E-state index contributed by atoms with van der Waals surface area (Å²) in [7, 11) is 0. The van der Waals surface area contributed by atoms with Crippen LogP contribution in [0.25, 0.3) is 16.9 Å². The maximum atomic E-state index is 13.0. The fourth-order valence-electron chi connectivity index (χ4n) is 3.60. The molecule has 8 heteroatoms. The second kappa shape index (κ2) is 11.5. The zero-order valence-corrected chi connectivity index (χ0v) is 20.9. The summed E-state index contributed by atoms with van der Waals surface area (Å²) in [6.45, 7) is 2.33. The molecule has 1 heterocycles. The lowest BCUT2D eigenvalue weighted by Crippen LogP contribution is -2.41. The third-order valence-electron chi connectivity index (χ3n) is 5.26. The Labute approximate surface area is 212 Å². The van der Waals surface area contributed by atoms with Crippen LogP contribution in [-0.4, -0.2) is 39.7 Å². The summed E-state index contributed by atoms with van der Waals surface area (Å²) in [5.74, 6) is 0.228. The van der Waals surface area contributed by atoms with Gasteiger partial charge in [0.1, 0.15) is 12.4 Å². The number of hydrogen-bond acceptors (Lipinski definition) is 3. The molecule has 4 aromatic rings. The standard InChI is InChI=1S/C27H26BrN5O2/c1-2-17-32(27(35)29-22-15-13-21(28)14-16-22)19-26(34)30-25-18-24(20-9-5-3-6-10-20)31-33(25)23-11-7-4-8-12-23/h3-16,18H,2,17,19H2,1H3,(H,29,35)(H,30,34). The number of carbonyl (C=O) groups is 2. The molecule has 1 aromatic heterocycles. The molecule has 0 aliphatic rings. The van der Waals surface area contributed by atoms with Crippen molar-refractivity contribution < 1.29 is 9.59 Å². The molecule has 0 bridgehead atoms. The van der Waals surface area contributed by atoms with Gasteiger partial charge >= 0.3 is 6.03 Å². The van der Waals surface area contributed by atoms with Crippen LogP contribution < -0.4 is 10.6 Å². The average molecular weight is 532 g/mol. The van der Waals surface area contributed by atoms with Crippen molar-refractivity contribution in [1.82, 2.24) is 14.7 Å². The van der Waals surface area contributed by atoms with Crippen LogP contribution in [0, 0.1) is 0 Å². The van der Waals surface area contributed by atoms with Gasteiger partial charge in [-0.25, -0.2) is 9.48 Å². The van der Waals surface area contributed by atoms with Crippen molar-refractivity contribution in [2.75, 3.05) is 23.7 Å². The van der Waals surface area contributed by atoms with Gasteiger partial charge in [0.15, 0.2) is 0 Å². The molecule has 178 valence electrons. The first-order valence-corrected chi connectivity index (χ1v) is 12.1. The molecule has 2 N–H and O–H groups in total. The molecule has 0 saturated carbocycles. The van der Waals surface area contributed by atoms with Crippen LogP contribution in [0.1, 0.15) is 13.3 Å². The quantitative estimate of drug-likeness (QED) is 0.284. The molecule has 0 aliphatic carbocycles. The van der Waals surface area contributed by atoms with E-state index in [1.807, 2.05) is 85.8 Å². The lowest BCUT2D eigenvalue weighted by Gasteiger charge is -2.22. The van der Waals surface area contributed by atoms with Crippen molar-refractivity contribution in [3.8, 4) is 16.9 Å². The molecule has 7 nitrogen and oxygen atoms in total. The van der Waals surface area contributed by atoms with Crippen LogP contribution in [0.5, 0.6) is 0 Å². The molecule has 35 heavy (non-hydrogen) atoms. The van der Waals surface area contributed by atoms with Crippen LogP contribution in [0.3, 0.4) is 0 Å². The SMILES string of the molecule is CCCN(CC(=O)Nc1cc(-c2ccccc2)nn1-c1ccccc1)C(=O)Nc1ccc(Br)cc1. The Kier molecular flexibility index (Phi) is 7.95. The molecule has 0 unspecified atom stereocenters. The molecule has 3 amide bonds. The van der Waals surface area contributed by atoms with Crippen LogP contribution in [0.4, 0.5) is 16.3 Å². The Morgan fingerprint density at radius 2 is 1.57 bits per heavy atom. The second-order valence-corrected chi connectivity index (χ2v) is 8.85. The van der Waals surface area contributed by atoms with Crippen molar-refractivity contribution in [2.24, 2.45) is 0 Å². The zero-order chi connectivity index (χ0) is 24.6. The van der Waals surface area contributed by atoms with Crippen molar-refractivity contribution >= 4 is 39.4 Å². The highest BCUT2D eigenvalue weighted by Gasteiger charge is 2.19. The summed E-state index contributed by atoms with van der Waals surface area (Å²) in [5.41, 5.74) is 3.17. The summed E-state index contributed by atoms with van der Waals surface area (Å²) in [6.07, 6.45) is 0.723. The van der Waals surface area contributed by atoms with Gasteiger partial charge in [0.2, 0.25) is 5.91 Å². The summed E-state index contributed by atoms with van der Waals surface area (Å²) in [4.78, 5) is 27.4. The van der Waals surface area contributed by atoms with Crippen molar-refractivity contribution in [3.63, 3.8) is 0 Å². The molecule has 0 saturated heterocycles. The Balaban J connectivity index is 1.53. The van der Waals surface area contributed by atoms with E-state index < -0.39 is 0 Å². The minimum absolute atomic E-state index is 0.0865. The first-order chi connectivity index (χ1) is 17.0. The monoisotopic (exact) mass is 531 g/mol. The van der Waals surface area contributed by atoms with Gasteiger partial charge in [0, 0.05) is 28.3 Å². The van der Waals surface area contributed by atoms with Gasteiger partial charge in [0.25, 0.3) is 0 Å². The number of rotatable bonds is 8. The van der Waals surface area contributed by atoms with E-state index in [2.05, 4.69) is 26.6 Å². The summed E-state index contributed by atoms with van der Waals surface area (Å²) in [6, 6.07) is 28.2. The number of benzene rings is 3. The van der Waals surface area contributed by atoms with E-state index in [9.17, 15) is 9.59 Å². The van der Waals surface area contributed by atoms with E-state index in [4.69, 9.17) is 5.10 Å². The predicted octanol–water partition coefficient (Wildman–Crippen LogP) is 6.18. The van der Waals surface area contributed by atoms with Gasteiger partial charge in [-0.3, -0.25) is 4.79 Å². The summed E-state index contributed by atoms with van der Waals surface area (Å²) in [5, 5.41) is 10.5. The predicted molar refractivity (Wildman–Crippen MR) is 143 cm³/mol. The molecule has 0 spiro atoms. The second-order valence-electron chi connectivity index (χ2n) is 7.93. The number of hydrogen-bond donors (Lipinski definition) is 2. The van der Waals surface area contributed by atoms with Gasteiger partial charge in [-0.05, 0) is 42.8 Å². The Morgan fingerprint density at radius 1 is 0.914 bits per heavy atom. The average Bonchev–Trinajstić information content (AvgIpc) is 3.30. The number of anilines is 2. The van der Waals surface area contributed by atoms with Gasteiger partial charge < -0.3 is 15.5 Å². The topological polar surface area (TPSA) is 79.3 Å². The fraction of sp³-hybridized carbons (Fsp3) is 0.148. The van der Waals surface area contributed by atoms with Crippen LogP contribution in [0.15, 0.2) is 95.5 Å². The summed E-state index contributed by atoms with van der Waals surface area (Å²) < 4.78 is 2.62. The van der Waals surface area contributed by atoms with Crippen molar-refractivity contribution in [2.45, 2.75) is 13.3 Å². The number of amides is 3. The van der Waals surface area contributed by atoms with E-state index in [-0.39, 0.29) is 18.5 Å². The molecule has 0 fully saturated rings. The molecular formula is C27H26BrN5O2. The van der Waals surface area contributed by atoms with Gasteiger partial charge in [-0.1, -0.05) is 71.4 Å². The third kappa shape index (κ3) is 6.36. The number of nitrogens with zero attached hydrogens (tertiary/aromatic N) is 3. The normalized spacial score (nSPS) is 10.6. The maximum Gasteiger partial charge on any atom is 0.322 e. The van der Waals surface area contributed by atoms with Crippen LogP contribution in [0.2, 0.25) is 0 Å². The minimum Gasteiger partial charge on any atom is -0.315 e. The zero-order valence-electron chi connectivity index (χ0n) is 19.3. The van der Waals surface area contributed by atoms with E-state index in [1.165, 1.54) is 4.90 Å². The Bertz CT molecular complexity index is 1270. The van der Waals surface area contributed by atoms with Gasteiger partial charge in [-0.15, -0.1) is 0 Å². The minimum atomic E-state index is -0.328. The number of urea groups is 1. The lowest BCUT2D eigenvalue weighted by molar-refractivity contribution is -0.116. The smallest absolute Gasteiger partial charge is 0.315 e. The number of aromatic nitrogens is 2. The highest BCUT2D eigenvalue weighted by molar-refractivity contribution is 9.10. The van der Waals surface area contributed by atoms with Gasteiger partial charge in [0.05, 0.1) is 11.4 Å². The van der Waals surface area contributed by atoms with Crippen molar-refractivity contribution in [1.29, 1.82) is 0 Å². The summed E-state index contributed by atoms with van der Waals surface area (Å²) >= 11 is 3.39. The third-order valence-corrected chi connectivity index (χ3v) is 5.79. The molecule has 4 rings (SSSR count). The van der Waals surface area contributed by atoms with E-state index in [0.717, 1.165) is 27.8 Å². The van der Waals surface area contributed by atoms with Gasteiger partial charge in [-0.2, -0.15) is 5.10 Å². The first kappa shape index (κ1) is 24.2. The molecule has 3 aromatic carbocycles. The number of para-hydroxylation sites is 1. The lowest BCUT2D eigenvalue weighted by atomic mass is 10.1. The number of carbonyl (C=O) groups excluding carboxylic acids is 2. The highest BCUT2D eigenvalue weighted by atomic mass is 79.9. The van der Waals surface area contributed by atoms with E-state index >= 15 is 0 Å².